The molecule has 4 aromatic rings. The Hall–Kier alpha value is -3.91. The fourth-order valence-electron chi connectivity index (χ4n) is 5.47. The number of carbonyl (C=O) groups is 1. The molecule has 244 valence electrons. The highest BCUT2D eigenvalue weighted by atomic mass is 28.4. The molecule has 0 aliphatic rings. The Morgan fingerprint density at radius 1 is 0.696 bits per heavy atom. The zero-order chi connectivity index (χ0) is 33.2. The molecule has 46 heavy (non-hydrogen) atoms. The molecule has 1 atom stereocenters. The van der Waals surface area contributed by atoms with E-state index in [0.717, 1.165) is 12.8 Å². The van der Waals surface area contributed by atoms with Crippen molar-refractivity contribution in [1.82, 2.24) is 0 Å². The quantitative estimate of drug-likeness (QED) is 0.0912. The van der Waals surface area contributed by atoms with Crippen molar-refractivity contribution >= 4 is 24.7 Å². The van der Waals surface area contributed by atoms with Gasteiger partial charge >= 0.3 is 5.97 Å². The van der Waals surface area contributed by atoms with Crippen molar-refractivity contribution in [3.8, 4) is 11.5 Å². The van der Waals surface area contributed by atoms with Crippen LogP contribution in [-0.2, 0) is 15.6 Å². The van der Waals surface area contributed by atoms with E-state index in [1.54, 1.807) is 24.3 Å². The predicted octanol–water partition coefficient (Wildman–Crippen LogP) is 6.97. The molecule has 4 aromatic carbocycles. The van der Waals surface area contributed by atoms with Crippen molar-refractivity contribution in [1.29, 1.82) is 0 Å². The number of carbonyl (C=O) groups excluding carboxylic acids is 1. The number of esters is 1. The van der Waals surface area contributed by atoms with Crippen LogP contribution in [0, 0.1) is 0 Å². The molecule has 0 aliphatic heterocycles. The second kappa shape index (κ2) is 15.6. The van der Waals surface area contributed by atoms with E-state index in [1.807, 2.05) is 32.9 Å². The number of benzene rings is 4. The third-order valence-corrected chi connectivity index (χ3v) is 12.7. The van der Waals surface area contributed by atoms with Crippen molar-refractivity contribution in [2.24, 2.45) is 0 Å². The summed E-state index contributed by atoms with van der Waals surface area (Å²) in [5.74, 6) is 0.852. The third-order valence-electron chi connectivity index (χ3n) is 7.64. The SMILES string of the molecule is CC(C)(C)OC(=O)c1ccc(OCC(O)COc2ccc(CCCO[Si](c3ccccc3)(c3ccccc3)C(C)(C)C)cc2)cc1. The lowest BCUT2D eigenvalue weighted by Gasteiger charge is -2.43. The smallest absolute Gasteiger partial charge is 0.338 e. The average molecular weight is 641 g/mol. The Labute approximate surface area is 275 Å². The van der Waals surface area contributed by atoms with E-state index in [1.165, 1.54) is 15.9 Å². The number of aliphatic hydroxyl groups is 1. The normalized spacial score (nSPS) is 12.8. The molecule has 0 aliphatic carbocycles. The van der Waals surface area contributed by atoms with E-state index in [2.05, 4.69) is 93.6 Å². The average Bonchev–Trinajstić information content (AvgIpc) is 3.03. The summed E-state index contributed by atoms with van der Waals surface area (Å²) in [4.78, 5) is 12.2. The molecule has 0 saturated heterocycles. The number of ether oxygens (including phenoxy) is 3. The molecule has 1 N–H and O–H groups in total. The fourth-order valence-corrected chi connectivity index (χ4v) is 10.1. The Balaban J connectivity index is 1.25. The van der Waals surface area contributed by atoms with E-state index < -0.39 is 20.0 Å². The second-order valence-electron chi connectivity index (χ2n) is 13.6. The molecule has 0 heterocycles. The van der Waals surface area contributed by atoms with Gasteiger partial charge in [0.1, 0.15) is 36.4 Å². The monoisotopic (exact) mass is 640 g/mol. The minimum Gasteiger partial charge on any atom is -0.491 e. The van der Waals surface area contributed by atoms with Gasteiger partial charge in [0.25, 0.3) is 8.32 Å². The van der Waals surface area contributed by atoms with Crippen molar-refractivity contribution in [3.05, 3.63) is 120 Å². The Morgan fingerprint density at radius 2 is 1.17 bits per heavy atom. The molecule has 7 heteroatoms. The van der Waals surface area contributed by atoms with Crippen LogP contribution in [0.4, 0.5) is 0 Å². The lowest BCUT2D eigenvalue weighted by atomic mass is 10.1. The molecule has 4 rings (SSSR count). The van der Waals surface area contributed by atoms with Gasteiger partial charge in [-0.15, -0.1) is 0 Å². The minimum atomic E-state index is -2.53. The van der Waals surface area contributed by atoms with Crippen LogP contribution < -0.4 is 19.8 Å². The Morgan fingerprint density at radius 3 is 1.63 bits per heavy atom. The second-order valence-corrected chi connectivity index (χ2v) is 17.9. The molecule has 0 spiro atoms. The van der Waals surface area contributed by atoms with E-state index in [9.17, 15) is 9.90 Å². The molecule has 0 fully saturated rings. The van der Waals surface area contributed by atoms with Gasteiger partial charge in [-0.05, 0) is 91.0 Å². The highest BCUT2D eigenvalue weighted by molar-refractivity contribution is 6.99. The summed E-state index contributed by atoms with van der Waals surface area (Å²) in [5.41, 5.74) is 1.09. The maximum Gasteiger partial charge on any atom is 0.338 e. The molecule has 0 bridgehead atoms. The highest BCUT2D eigenvalue weighted by Gasteiger charge is 2.49. The largest absolute Gasteiger partial charge is 0.491 e. The van der Waals surface area contributed by atoms with Crippen LogP contribution in [-0.4, -0.2) is 50.9 Å². The van der Waals surface area contributed by atoms with Gasteiger partial charge in [0.2, 0.25) is 0 Å². The minimum absolute atomic E-state index is 0.0449. The summed E-state index contributed by atoms with van der Waals surface area (Å²) < 4.78 is 23.9. The van der Waals surface area contributed by atoms with Gasteiger partial charge < -0.3 is 23.7 Å². The Bertz CT molecular complexity index is 1450. The zero-order valence-corrected chi connectivity index (χ0v) is 29.0. The molecular weight excluding hydrogens is 593 g/mol. The zero-order valence-electron chi connectivity index (χ0n) is 28.0. The number of rotatable bonds is 14. The van der Waals surface area contributed by atoms with Gasteiger partial charge in [0.05, 0.1) is 5.56 Å². The lowest BCUT2D eigenvalue weighted by molar-refractivity contribution is 0.00693. The van der Waals surface area contributed by atoms with Crippen molar-refractivity contribution in [3.63, 3.8) is 0 Å². The Kier molecular flexibility index (Phi) is 11.8. The van der Waals surface area contributed by atoms with Crippen molar-refractivity contribution in [2.45, 2.75) is 71.1 Å². The van der Waals surface area contributed by atoms with Gasteiger partial charge in [-0.1, -0.05) is 93.6 Å². The van der Waals surface area contributed by atoms with Gasteiger partial charge in [0, 0.05) is 6.61 Å². The summed E-state index contributed by atoms with van der Waals surface area (Å²) in [5, 5.41) is 12.9. The van der Waals surface area contributed by atoms with E-state index >= 15 is 0 Å². The van der Waals surface area contributed by atoms with E-state index in [0.29, 0.717) is 23.7 Å². The van der Waals surface area contributed by atoms with Crippen LogP contribution in [0.2, 0.25) is 5.04 Å². The molecule has 0 aromatic heterocycles. The molecule has 0 amide bonds. The topological polar surface area (TPSA) is 74.2 Å². The van der Waals surface area contributed by atoms with Gasteiger partial charge in [-0.3, -0.25) is 0 Å². The molecule has 0 saturated carbocycles. The van der Waals surface area contributed by atoms with Crippen LogP contribution in [0.25, 0.3) is 0 Å². The molecule has 6 nitrogen and oxygen atoms in total. The van der Waals surface area contributed by atoms with E-state index in [4.69, 9.17) is 18.6 Å². The number of aryl methyl sites for hydroxylation is 1. The van der Waals surface area contributed by atoms with Crippen LogP contribution in [0.15, 0.2) is 109 Å². The fraction of sp³-hybridized carbons (Fsp3) is 0.359. The maximum absolute atomic E-state index is 12.2. The lowest BCUT2D eigenvalue weighted by Crippen LogP contribution is -2.66. The van der Waals surface area contributed by atoms with Crippen LogP contribution in [0.1, 0.15) is 63.9 Å². The maximum atomic E-state index is 12.2. The van der Waals surface area contributed by atoms with Crippen LogP contribution >= 0.6 is 0 Å². The molecular formula is C39H48O6Si. The number of aliphatic hydroxyl groups excluding tert-OH is 1. The summed E-state index contributed by atoms with van der Waals surface area (Å²) in [7, 11) is -2.53. The van der Waals surface area contributed by atoms with Gasteiger partial charge in [-0.25, -0.2) is 4.79 Å². The summed E-state index contributed by atoms with van der Waals surface area (Å²) >= 11 is 0. The molecule has 0 radical (unpaired) electrons. The summed E-state index contributed by atoms with van der Waals surface area (Å²) in [6.45, 7) is 13.2. The van der Waals surface area contributed by atoms with Crippen molar-refractivity contribution in [2.75, 3.05) is 19.8 Å². The van der Waals surface area contributed by atoms with Gasteiger partial charge in [0.15, 0.2) is 0 Å². The standard InChI is InChI=1S/C39H48O6Si/c1-38(2,3)45-37(41)31-21-25-34(26-22-31)43-29-32(40)28-42-33-23-19-30(20-24-33)14-13-27-44-46(39(4,5)6,35-15-9-7-10-16-35)36-17-11-8-12-18-36/h7-12,15-26,32,40H,13-14,27-29H2,1-6H3. The third kappa shape index (κ3) is 9.55. The predicted molar refractivity (Wildman–Crippen MR) is 187 cm³/mol. The first-order valence-electron chi connectivity index (χ1n) is 16.0. The number of hydrogen-bond acceptors (Lipinski definition) is 6. The highest BCUT2D eigenvalue weighted by Crippen LogP contribution is 2.36. The molecule has 1 unspecified atom stereocenters. The van der Waals surface area contributed by atoms with Crippen LogP contribution in [0.3, 0.4) is 0 Å². The first-order valence-corrected chi connectivity index (χ1v) is 17.9. The summed E-state index contributed by atoms with van der Waals surface area (Å²) in [6.07, 6.45) is 0.977. The first-order chi connectivity index (χ1) is 21.9. The van der Waals surface area contributed by atoms with Gasteiger partial charge in [-0.2, -0.15) is 0 Å². The van der Waals surface area contributed by atoms with E-state index in [-0.39, 0.29) is 24.2 Å². The number of hydrogen-bond donors (Lipinski definition) is 1. The summed E-state index contributed by atoms with van der Waals surface area (Å²) in [6, 6.07) is 36.1. The first kappa shape index (κ1) is 35.0. The van der Waals surface area contributed by atoms with Crippen LogP contribution in [0.5, 0.6) is 11.5 Å². The van der Waals surface area contributed by atoms with Crippen molar-refractivity contribution < 1.29 is 28.5 Å².